The molecule has 0 atom stereocenters. The van der Waals surface area contributed by atoms with Gasteiger partial charge in [-0.1, -0.05) is 18.7 Å². The maximum atomic E-state index is 8.57. The van der Waals surface area contributed by atoms with Crippen LogP contribution in [0.3, 0.4) is 0 Å². The summed E-state index contributed by atoms with van der Waals surface area (Å²) in [5.41, 5.74) is 0.398. The van der Waals surface area contributed by atoms with E-state index in [0.717, 1.165) is 6.42 Å². The van der Waals surface area contributed by atoms with E-state index >= 15 is 0 Å². The molecule has 1 aromatic heterocycles. The number of nitriles is 1. The van der Waals surface area contributed by atoms with E-state index in [4.69, 9.17) is 9.68 Å². The van der Waals surface area contributed by atoms with E-state index in [1.807, 2.05) is 19.2 Å². The molecule has 0 amide bonds. The number of rotatable bonds is 2. The molecule has 3 nitrogen and oxygen atoms in total. The molecule has 1 heterocycles. The van der Waals surface area contributed by atoms with E-state index in [2.05, 4.69) is 4.98 Å². The largest absolute Gasteiger partial charge is 0.433 e. The smallest absolute Gasteiger partial charge is 0.198 e. The molecular formula is C7H8N2OS. The molecule has 4 heteroatoms. The molecule has 58 valence electrons. The topological polar surface area (TPSA) is 49.8 Å². The van der Waals surface area contributed by atoms with E-state index in [9.17, 15) is 0 Å². The zero-order valence-corrected chi connectivity index (χ0v) is 7.23. The zero-order valence-electron chi connectivity index (χ0n) is 6.42. The minimum atomic E-state index is 0.398. The maximum absolute atomic E-state index is 8.57. The molecule has 0 bridgehead atoms. The fourth-order valence-corrected chi connectivity index (χ4v) is 1.17. The first kappa shape index (κ1) is 8.15. The van der Waals surface area contributed by atoms with Crippen LogP contribution in [0, 0.1) is 11.3 Å². The van der Waals surface area contributed by atoms with E-state index < -0.39 is 0 Å². The second-order valence-electron chi connectivity index (χ2n) is 1.91. The summed E-state index contributed by atoms with van der Waals surface area (Å²) in [6, 6.07) is 1.98. The predicted octanol–water partition coefficient (Wildman–Crippen LogP) is 1.83. The number of aryl methyl sites for hydroxylation is 1. The molecule has 0 aliphatic rings. The van der Waals surface area contributed by atoms with Crippen molar-refractivity contribution in [3.05, 3.63) is 11.6 Å². The molecule has 0 aromatic carbocycles. The van der Waals surface area contributed by atoms with Crippen LogP contribution in [0.1, 0.15) is 18.5 Å². The number of aromatic nitrogens is 1. The van der Waals surface area contributed by atoms with Crippen LogP contribution in [-0.2, 0) is 6.42 Å². The first-order valence-corrected chi connectivity index (χ1v) is 4.48. The molecule has 1 rings (SSSR count). The number of nitrogens with zero attached hydrogens (tertiary/aromatic N) is 2. The first-order chi connectivity index (χ1) is 5.31. The van der Waals surface area contributed by atoms with Crippen LogP contribution in [0.4, 0.5) is 0 Å². The molecule has 11 heavy (non-hydrogen) atoms. The van der Waals surface area contributed by atoms with E-state index in [0.29, 0.717) is 16.7 Å². The van der Waals surface area contributed by atoms with Crippen LogP contribution in [0.5, 0.6) is 0 Å². The van der Waals surface area contributed by atoms with Gasteiger partial charge in [-0.25, -0.2) is 4.98 Å². The summed E-state index contributed by atoms with van der Waals surface area (Å²) in [6.45, 7) is 1.94. The second kappa shape index (κ2) is 3.44. The molecule has 1 aromatic rings. The Labute approximate surface area is 69.4 Å². The van der Waals surface area contributed by atoms with Crippen molar-refractivity contribution in [1.29, 1.82) is 5.26 Å². The van der Waals surface area contributed by atoms with Gasteiger partial charge in [-0.05, 0) is 6.26 Å². The van der Waals surface area contributed by atoms with Crippen molar-refractivity contribution in [3.8, 4) is 6.07 Å². The lowest BCUT2D eigenvalue weighted by Gasteiger charge is -1.84. The lowest BCUT2D eigenvalue weighted by molar-refractivity contribution is 0.427. The van der Waals surface area contributed by atoms with Crippen molar-refractivity contribution < 1.29 is 4.42 Å². The molecule has 0 radical (unpaired) electrons. The minimum absolute atomic E-state index is 0.398. The third-order valence-electron chi connectivity index (χ3n) is 1.23. The van der Waals surface area contributed by atoms with Crippen molar-refractivity contribution in [2.45, 2.75) is 18.4 Å². The molecule has 0 saturated heterocycles. The Morgan fingerprint density at radius 3 is 2.82 bits per heavy atom. The highest BCUT2D eigenvalue weighted by molar-refractivity contribution is 7.98. The summed E-state index contributed by atoms with van der Waals surface area (Å²) in [5.74, 6) is 0.630. The fraction of sp³-hybridized carbons (Fsp3) is 0.429. The highest BCUT2D eigenvalue weighted by Crippen LogP contribution is 2.20. The van der Waals surface area contributed by atoms with Crippen molar-refractivity contribution in [3.63, 3.8) is 0 Å². The summed E-state index contributed by atoms with van der Waals surface area (Å²) < 4.78 is 5.23. The van der Waals surface area contributed by atoms with E-state index in [-0.39, 0.29) is 0 Å². The van der Waals surface area contributed by atoms with Gasteiger partial charge in [0.2, 0.25) is 0 Å². The Kier molecular flexibility index (Phi) is 2.55. The summed E-state index contributed by atoms with van der Waals surface area (Å²) in [6.07, 6.45) is 2.59. The molecule has 0 N–H and O–H groups in total. The highest BCUT2D eigenvalue weighted by atomic mass is 32.2. The van der Waals surface area contributed by atoms with Gasteiger partial charge in [0.15, 0.2) is 16.7 Å². The maximum Gasteiger partial charge on any atom is 0.198 e. The molecule has 0 saturated carbocycles. The van der Waals surface area contributed by atoms with Gasteiger partial charge in [0.25, 0.3) is 0 Å². The lowest BCUT2D eigenvalue weighted by atomic mass is 10.5. The second-order valence-corrected chi connectivity index (χ2v) is 2.69. The quantitative estimate of drug-likeness (QED) is 0.632. The van der Waals surface area contributed by atoms with Crippen LogP contribution < -0.4 is 0 Å². The summed E-state index contributed by atoms with van der Waals surface area (Å²) in [5, 5.41) is 9.19. The van der Waals surface area contributed by atoms with Gasteiger partial charge >= 0.3 is 0 Å². The Morgan fingerprint density at radius 1 is 1.73 bits per heavy atom. The van der Waals surface area contributed by atoms with Crippen molar-refractivity contribution >= 4 is 11.8 Å². The average Bonchev–Trinajstić information content (AvgIpc) is 2.46. The summed E-state index contributed by atoms with van der Waals surface area (Å²) in [7, 11) is 0. The molecule has 0 unspecified atom stereocenters. The SMILES string of the molecule is CCc1nc(C#N)c(SC)o1. The summed E-state index contributed by atoms with van der Waals surface area (Å²) >= 11 is 1.40. The molecule has 0 fully saturated rings. The van der Waals surface area contributed by atoms with Gasteiger partial charge in [-0.15, -0.1) is 0 Å². The van der Waals surface area contributed by atoms with Crippen LogP contribution in [0.25, 0.3) is 0 Å². The van der Waals surface area contributed by atoms with Crippen LogP contribution in [0.15, 0.2) is 9.51 Å². The van der Waals surface area contributed by atoms with Crippen molar-refractivity contribution in [2.75, 3.05) is 6.26 Å². The van der Waals surface area contributed by atoms with E-state index in [1.165, 1.54) is 11.8 Å². The minimum Gasteiger partial charge on any atom is -0.433 e. The zero-order chi connectivity index (χ0) is 8.27. The van der Waals surface area contributed by atoms with Gasteiger partial charge in [-0.2, -0.15) is 5.26 Å². The standard InChI is InChI=1S/C7H8N2OS/c1-3-6-9-5(4-8)7(10-6)11-2/h3H2,1-2H3. The van der Waals surface area contributed by atoms with Crippen LogP contribution in [0.2, 0.25) is 0 Å². The first-order valence-electron chi connectivity index (χ1n) is 3.25. The molecule has 0 aliphatic carbocycles. The van der Waals surface area contributed by atoms with Gasteiger partial charge in [0.1, 0.15) is 6.07 Å². The summed E-state index contributed by atoms with van der Waals surface area (Å²) in [4.78, 5) is 3.97. The predicted molar refractivity (Wildman–Crippen MR) is 42.4 cm³/mol. The number of hydrogen-bond acceptors (Lipinski definition) is 4. The monoisotopic (exact) mass is 168 g/mol. The molecular weight excluding hydrogens is 160 g/mol. The van der Waals surface area contributed by atoms with Crippen molar-refractivity contribution in [2.24, 2.45) is 0 Å². The highest BCUT2D eigenvalue weighted by Gasteiger charge is 2.09. The molecule has 0 aliphatic heterocycles. The van der Waals surface area contributed by atoms with Gasteiger partial charge in [-0.3, -0.25) is 0 Å². The fourth-order valence-electron chi connectivity index (χ4n) is 0.709. The van der Waals surface area contributed by atoms with Crippen LogP contribution in [-0.4, -0.2) is 11.2 Å². The average molecular weight is 168 g/mol. The van der Waals surface area contributed by atoms with Gasteiger partial charge < -0.3 is 4.42 Å². The number of oxazole rings is 1. The Hall–Kier alpha value is -0.950. The Balaban J connectivity index is 3.05. The van der Waals surface area contributed by atoms with Crippen LogP contribution >= 0.6 is 11.8 Å². The number of thioether (sulfide) groups is 1. The number of hydrogen-bond donors (Lipinski definition) is 0. The lowest BCUT2D eigenvalue weighted by Crippen LogP contribution is -1.78. The Morgan fingerprint density at radius 2 is 2.45 bits per heavy atom. The van der Waals surface area contributed by atoms with Gasteiger partial charge in [0.05, 0.1) is 0 Å². The van der Waals surface area contributed by atoms with Gasteiger partial charge in [0, 0.05) is 6.42 Å². The normalized spacial score (nSPS) is 9.55. The molecule has 0 spiro atoms. The van der Waals surface area contributed by atoms with E-state index in [1.54, 1.807) is 0 Å². The third-order valence-corrected chi connectivity index (χ3v) is 1.88. The third kappa shape index (κ3) is 1.55. The Bertz CT molecular complexity index is 287. The van der Waals surface area contributed by atoms with Crippen molar-refractivity contribution in [1.82, 2.24) is 4.98 Å².